The van der Waals surface area contributed by atoms with Crippen LogP contribution in [0.15, 0.2) is 15.8 Å². The zero-order valence-corrected chi connectivity index (χ0v) is 10.6. The van der Waals surface area contributed by atoms with Gasteiger partial charge in [0.05, 0.1) is 11.9 Å². The molecule has 1 saturated heterocycles. The van der Waals surface area contributed by atoms with E-state index in [1.807, 2.05) is 4.98 Å². The lowest BCUT2D eigenvalue weighted by Gasteiger charge is -2.32. The number of H-pyrrole nitrogens is 1. The van der Waals surface area contributed by atoms with E-state index in [0.29, 0.717) is 0 Å². The first-order chi connectivity index (χ1) is 8.94. The second-order valence-electron chi connectivity index (χ2n) is 4.12. The Hall–Kier alpha value is -1.53. The number of nitrogens with zero attached hydrogens (tertiary/aromatic N) is 1. The third-order valence-corrected chi connectivity index (χ3v) is 4.48. The molecule has 1 fully saturated rings. The quantitative estimate of drug-likeness (QED) is 0.451. The number of nitrogens with one attached hydrogen (secondary N) is 1. The van der Waals surface area contributed by atoms with Crippen LogP contribution in [0.5, 0.6) is 0 Å². The van der Waals surface area contributed by atoms with Gasteiger partial charge in [-0.2, -0.15) is 0 Å². The number of aliphatic hydroxyl groups is 3. The molecular weight excluding hydrogens is 272 g/mol. The predicted molar refractivity (Wildman–Crippen MR) is 68.8 cm³/mol. The summed E-state index contributed by atoms with van der Waals surface area (Å²) >= 11 is 1.13. The van der Waals surface area contributed by atoms with Crippen molar-refractivity contribution in [2.24, 2.45) is 0 Å². The molecule has 0 unspecified atom stereocenters. The van der Waals surface area contributed by atoms with Crippen molar-refractivity contribution >= 4 is 11.8 Å². The van der Waals surface area contributed by atoms with Gasteiger partial charge in [0.15, 0.2) is 5.72 Å². The van der Waals surface area contributed by atoms with Gasteiger partial charge in [0.25, 0.3) is 5.56 Å². The second kappa shape index (κ2) is 4.86. The Morgan fingerprint density at radius 1 is 1.63 bits per heavy atom. The molecule has 0 amide bonds. The molecule has 1 aliphatic rings. The summed E-state index contributed by atoms with van der Waals surface area (Å²) < 4.78 is 0.773. The minimum atomic E-state index is -2.01. The molecule has 19 heavy (non-hydrogen) atoms. The van der Waals surface area contributed by atoms with Crippen LogP contribution in [-0.4, -0.2) is 48.6 Å². The number of aromatic amines is 1. The Labute approximate surface area is 111 Å². The standard InChI is InChI=1S/C11H12N2O5S/c1-2-6-3-13(10(17)12-9(6)16)11(18)7(15)5-19-8(11)4-14/h1,3,7-8,14-15,18H,4-5H2,(H,12,16,17)/t7-,8+,11-/m1/s1. The first kappa shape index (κ1) is 13.9. The van der Waals surface area contributed by atoms with Gasteiger partial charge in [-0.1, -0.05) is 5.92 Å². The average Bonchev–Trinajstić information content (AvgIpc) is 2.66. The Balaban J connectivity index is 2.67. The van der Waals surface area contributed by atoms with E-state index in [1.54, 1.807) is 0 Å². The Bertz CT molecular complexity index is 646. The number of aliphatic hydroxyl groups excluding tert-OH is 2. The van der Waals surface area contributed by atoms with Crippen molar-refractivity contribution in [3.8, 4) is 12.3 Å². The van der Waals surface area contributed by atoms with Crippen molar-refractivity contribution < 1.29 is 15.3 Å². The lowest BCUT2D eigenvalue weighted by molar-refractivity contribution is -0.127. The van der Waals surface area contributed by atoms with Gasteiger partial charge in [0.1, 0.15) is 11.7 Å². The van der Waals surface area contributed by atoms with Crippen LogP contribution < -0.4 is 11.2 Å². The summed E-state index contributed by atoms with van der Waals surface area (Å²) in [6, 6.07) is 0. The molecule has 2 heterocycles. The van der Waals surface area contributed by atoms with Crippen molar-refractivity contribution in [3.63, 3.8) is 0 Å². The number of terminal acetylenes is 1. The van der Waals surface area contributed by atoms with E-state index in [2.05, 4.69) is 5.92 Å². The largest absolute Gasteiger partial charge is 0.395 e. The number of thioether (sulfide) groups is 1. The summed E-state index contributed by atoms with van der Waals surface area (Å²) in [5.41, 5.74) is -3.79. The van der Waals surface area contributed by atoms with E-state index in [0.717, 1.165) is 22.5 Å². The summed E-state index contributed by atoms with van der Waals surface area (Å²) in [4.78, 5) is 25.1. The van der Waals surface area contributed by atoms with Crippen molar-refractivity contribution in [1.29, 1.82) is 0 Å². The molecule has 0 aliphatic carbocycles. The molecule has 3 atom stereocenters. The maximum atomic E-state index is 11.8. The van der Waals surface area contributed by atoms with Gasteiger partial charge in [0.2, 0.25) is 0 Å². The summed E-state index contributed by atoms with van der Waals surface area (Å²) in [6.45, 7) is -0.435. The first-order valence-electron chi connectivity index (χ1n) is 5.41. The Morgan fingerprint density at radius 2 is 2.32 bits per heavy atom. The van der Waals surface area contributed by atoms with Crippen molar-refractivity contribution in [2.75, 3.05) is 12.4 Å². The molecule has 8 heteroatoms. The van der Waals surface area contributed by atoms with Crippen molar-refractivity contribution in [3.05, 3.63) is 32.6 Å². The molecule has 1 aromatic heterocycles. The Morgan fingerprint density at radius 3 is 2.89 bits per heavy atom. The summed E-state index contributed by atoms with van der Waals surface area (Å²) in [5.74, 6) is 2.24. The topological polar surface area (TPSA) is 116 Å². The maximum absolute atomic E-state index is 11.8. The van der Waals surface area contributed by atoms with Crippen LogP contribution in [0.2, 0.25) is 0 Å². The highest BCUT2D eigenvalue weighted by Crippen LogP contribution is 2.38. The third kappa shape index (κ3) is 2.01. The molecule has 0 aromatic carbocycles. The smallest absolute Gasteiger partial charge is 0.330 e. The van der Waals surface area contributed by atoms with E-state index in [9.17, 15) is 24.9 Å². The van der Waals surface area contributed by atoms with E-state index >= 15 is 0 Å². The zero-order chi connectivity index (χ0) is 14.2. The minimum absolute atomic E-state index is 0.145. The molecule has 0 radical (unpaired) electrons. The molecule has 0 spiro atoms. The molecule has 7 nitrogen and oxygen atoms in total. The summed E-state index contributed by atoms with van der Waals surface area (Å²) in [7, 11) is 0. The Kier molecular flexibility index (Phi) is 3.56. The van der Waals surface area contributed by atoms with Crippen LogP contribution in [0, 0.1) is 12.3 Å². The molecule has 1 aromatic rings. The second-order valence-corrected chi connectivity index (χ2v) is 5.36. The fraction of sp³-hybridized carbons (Fsp3) is 0.455. The number of rotatable bonds is 2. The SMILES string of the molecule is C#Cc1cn([C@@]2(O)[C@H](O)CS[C@H]2CO)c(=O)[nH]c1=O. The normalized spacial score (nSPS) is 30.2. The molecular formula is C11H12N2O5S. The van der Waals surface area contributed by atoms with Gasteiger partial charge in [0, 0.05) is 11.9 Å². The molecule has 0 saturated carbocycles. The highest BCUT2D eigenvalue weighted by molar-refractivity contribution is 8.00. The minimum Gasteiger partial charge on any atom is -0.395 e. The molecule has 2 rings (SSSR count). The monoisotopic (exact) mass is 284 g/mol. The van der Waals surface area contributed by atoms with Gasteiger partial charge >= 0.3 is 5.69 Å². The summed E-state index contributed by atoms with van der Waals surface area (Å²) in [6.07, 6.45) is 4.88. The average molecular weight is 284 g/mol. The van der Waals surface area contributed by atoms with Gasteiger partial charge in [-0.05, 0) is 0 Å². The fourth-order valence-electron chi connectivity index (χ4n) is 2.01. The van der Waals surface area contributed by atoms with Gasteiger partial charge in [-0.25, -0.2) is 4.79 Å². The van der Waals surface area contributed by atoms with Gasteiger partial charge in [-0.3, -0.25) is 14.3 Å². The highest BCUT2D eigenvalue weighted by Gasteiger charge is 2.51. The van der Waals surface area contributed by atoms with E-state index in [-0.39, 0.29) is 11.3 Å². The van der Waals surface area contributed by atoms with Gasteiger partial charge in [-0.15, -0.1) is 18.2 Å². The molecule has 102 valence electrons. The lowest BCUT2D eigenvalue weighted by atomic mass is 10.0. The number of hydrogen-bond donors (Lipinski definition) is 4. The number of aromatic nitrogens is 2. The van der Waals surface area contributed by atoms with E-state index in [1.165, 1.54) is 0 Å². The van der Waals surface area contributed by atoms with Crippen LogP contribution >= 0.6 is 11.8 Å². The zero-order valence-electron chi connectivity index (χ0n) is 9.74. The van der Waals surface area contributed by atoms with E-state index in [4.69, 9.17) is 6.42 Å². The fourth-order valence-corrected chi connectivity index (χ4v) is 3.29. The third-order valence-electron chi connectivity index (χ3n) is 3.07. The van der Waals surface area contributed by atoms with Crippen LogP contribution in [0.4, 0.5) is 0 Å². The molecule has 4 N–H and O–H groups in total. The van der Waals surface area contributed by atoms with Crippen LogP contribution in [0.3, 0.4) is 0 Å². The van der Waals surface area contributed by atoms with Crippen LogP contribution in [0.25, 0.3) is 0 Å². The van der Waals surface area contributed by atoms with E-state index < -0.39 is 34.9 Å². The summed E-state index contributed by atoms with van der Waals surface area (Å²) in [5, 5.41) is 28.8. The highest BCUT2D eigenvalue weighted by atomic mass is 32.2. The maximum Gasteiger partial charge on any atom is 0.330 e. The predicted octanol–water partition coefficient (Wildman–Crippen LogP) is -2.37. The van der Waals surface area contributed by atoms with Crippen LogP contribution in [-0.2, 0) is 5.72 Å². The van der Waals surface area contributed by atoms with Crippen LogP contribution in [0.1, 0.15) is 5.56 Å². The number of hydrogen-bond acceptors (Lipinski definition) is 6. The van der Waals surface area contributed by atoms with Crippen molar-refractivity contribution in [1.82, 2.24) is 9.55 Å². The lowest BCUT2D eigenvalue weighted by Crippen LogP contribution is -2.55. The molecule has 1 aliphatic heterocycles. The first-order valence-corrected chi connectivity index (χ1v) is 6.46. The van der Waals surface area contributed by atoms with Crippen molar-refractivity contribution in [2.45, 2.75) is 17.1 Å². The van der Waals surface area contributed by atoms with Gasteiger partial charge < -0.3 is 15.3 Å². The molecule has 0 bridgehead atoms.